The summed E-state index contributed by atoms with van der Waals surface area (Å²) in [5.41, 5.74) is 0.179. The van der Waals surface area contributed by atoms with Gasteiger partial charge in [-0.15, -0.1) is 0 Å². The van der Waals surface area contributed by atoms with Crippen molar-refractivity contribution in [1.82, 2.24) is 15.2 Å². The SMILES string of the molecule is CN(CCNC(=O)c1nc(Cl)ccc1Cl)C1CC1. The van der Waals surface area contributed by atoms with E-state index >= 15 is 0 Å². The van der Waals surface area contributed by atoms with E-state index in [0.717, 1.165) is 6.54 Å². The summed E-state index contributed by atoms with van der Waals surface area (Å²) in [5, 5.41) is 3.37. The van der Waals surface area contributed by atoms with Crippen molar-refractivity contribution in [1.29, 1.82) is 0 Å². The largest absolute Gasteiger partial charge is 0.349 e. The first kappa shape index (κ1) is 13.6. The Bertz CT molecular complexity index is 449. The molecule has 2 rings (SSSR count). The molecule has 1 aromatic heterocycles. The molecule has 0 radical (unpaired) electrons. The third-order valence-electron chi connectivity index (χ3n) is 2.95. The van der Waals surface area contributed by atoms with Crippen molar-refractivity contribution in [3.63, 3.8) is 0 Å². The van der Waals surface area contributed by atoms with Crippen LogP contribution in [0.25, 0.3) is 0 Å². The minimum atomic E-state index is -0.285. The third-order valence-corrected chi connectivity index (χ3v) is 3.46. The van der Waals surface area contributed by atoms with Gasteiger partial charge in [-0.1, -0.05) is 23.2 Å². The number of carbonyl (C=O) groups is 1. The van der Waals surface area contributed by atoms with E-state index in [9.17, 15) is 4.79 Å². The fourth-order valence-electron chi connectivity index (χ4n) is 1.70. The highest BCUT2D eigenvalue weighted by Gasteiger charge is 2.25. The zero-order chi connectivity index (χ0) is 13.1. The zero-order valence-corrected chi connectivity index (χ0v) is 11.6. The summed E-state index contributed by atoms with van der Waals surface area (Å²) < 4.78 is 0. The van der Waals surface area contributed by atoms with Gasteiger partial charge in [-0.2, -0.15) is 0 Å². The van der Waals surface area contributed by atoms with E-state index in [1.165, 1.54) is 12.8 Å². The van der Waals surface area contributed by atoms with Crippen molar-refractivity contribution in [3.8, 4) is 0 Å². The molecule has 1 saturated carbocycles. The lowest BCUT2D eigenvalue weighted by molar-refractivity contribution is 0.0944. The number of nitrogens with one attached hydrogen (secondary N) is 1. The van der Waals surface area contributed by atoms with Crippen molar-refractivity contribution >= 4 is 29.1 Å². The quantitative estimate of drug-likeness (QED) is 0.845. The van der Waals surface area contributed by atoms with Crippen molar-refractivity contribution in [2.24, 2.45) is 0 Å². The molecule has 4 nitrogen and oxygen atoms in total. The summed E-state index contributed by atoms with van der Waals surface area (Å²) in [6, 6.07) is 3.82. The van der Waals surface area contributed by atoms with Gasteiger partial charge in [-0.25, -0.2) is 4.98 Å². The number of amides is 1. The Labute approximate surface area is 116 Å². The van der Waals surface area contributed by atoms with Crippen LogP contribution in [0.3, 0.4) is 0 Å². The topological polar surface area (TPSA) is 45.2 Å². The van der Waals surface area contributed by atoms with Gasteiger partial charge in [0.05, 0.1) is 5.02 Å². The van der Waals surface area contributed by atoms with Crippen LogP contribution in [0, 0.1) is 0 Å². The Kier molecular flexibility index (Phi) is 4.43. The molecule has 1 N–H and O–H groups in total. The molecule has 6 heteroatoms. The fraction of sp³-hybridized carbons (Fsp3) is 0.500. The Hall–Kier alpha value is -0.840. The van der Waals surface area contributed by atoms with Crippen molar-refractivity contribution < 1.29 is 4.79 Å². The third kappa shape index (κ3) is 3.57. The molecule has 0 spiro atoms. The number of likely N-dealkylation sites (N-methyl/N-ethyl adjacent to an activating group) is 1. The number of nitrogens with zero attached hydrogens (tertiary/aromatic N) is 2. The minimum Gasteiger partial charge on any atom is -0.349 e. The van der Waals surface area contributed by atoms with Crippen LogP contribution in [0.4, 0.5) is 0 Å². The molecule has 1 aliphatic carbocycles. The highest BCUT2D eigenvalue weighted by Crippen LogP contribution is 2.24. The molecule has 18 heavy (non-hydrogen) atoms. The number of pyridine rings is 1. The van der Waals surface area contributed by atoms with Crippen LogP contribution >= 0.6 is 23.2 Å². The van der Waals surface area contributed by atoms with Crippen LogP contribution in [0.15, 0.2) is 12.1 Å². The van der Waals surface area contributed by atoms with E-state index in [1.807, 2.05) is 0 Å². The Morgan fingerprint density at radius 1 is 1.50 bits per heavy atom. The minimum absolute atomic E-state index is 0.179. The molecule has 0 bridgehead atoms. The Morgan fingerprint density at radius 3 is 2.89 bits per heavy atom. The van der Waals surface area contributed by atoms with Gasteiger partial charge in [0.1, 0.15) is 10.8 Å². The second kappa shape index (κ2) is 5.87. The van der Waals surface area contributed by atoms with Crippen LogP contribution in [0.1, 0.15) is 23.3 Å². The number of hydrogen-bond donors (Lipinski definition) is 1. The Balaban J connectivity index is 1.85. The molecular formula is C12H15Cl2N3O. The lowest BCUT2D eigenvalue weighted by Crippen LogP contribution is -2.34. The summed E-state index contributed by atoms with van der Waals surface area (Å²) in [7, 11) is 2.06. The maximum absolute atomic E-state index is 11.8. The average molecular weight is 288 g/mol. The molecule has 0 aliphatic heterocycles. The molecule has 1 aromatic rings. The lowest BCUT2D eigenvalue weighted by atomic mass is 10.3. The maximum Gasteiger partial charge on any atom is 0.271 e. The number of hydrogen-bond acceptors (Lipinski definition) is 3. The lowest BCUT2D eigenvalue weighted by Gasteiger charge is -2.15. The number of carbonyl (C=O) groups excluding carboxylic acids is 1. The zero-order valence-electron chi connectivity index (χ0n) is 10.1. The summed E-state index contributed by atoms with van der Waals surface area (Å²) in [6.07, 6.45) is 2.51. The fourth-order valence-corrected chi connectivity index (χ4v) is 2.04. The molecule has 1 amide bonds. The van der Waals surface area contributed by atoms with Gasteiger partial charge >= 0.3 is 0 Å². The molecular weight excluding hydrogens is 273 g/mol. The highest BCUT2D eigenvalue weighted by molar-refractivity contribution is 6.34. The first-order valence-electron chi connectivity index (χ1n) is 5.88. The smallest absolute Gasteiger partial charge is 0.271 e. The van der Waals surface area contributed by atoms with Crippen LogP contribution in [0.2, 0.25) is 10.2 Å². The monoisotopic (exact) mass is 287 g/mol. The molecule has 98 valence electrons. The van der Waals surface area contributed by atoms with Gasteiger partial charge in [0.15, 0.2) is 0 Å². The van der Waals surface area contributed by atoms with Crippen molar-refractivity contribution in [3.05, 3.63) is 28.0 Å². The molecule has 1 fully saturated rings. The van der Waals surface area contributed by atoms with Gasteiger partial charge in [0.2, 0.25) is 0 Å². The molecule has 0 saturated heterocycles. The number of aromatic nitrogens is 1. The Morgan fingerprint density at radius 2 is 2.22 bits per heavy atom. The van der Waals surface area contributed by atoms with Crippen LogP contribution in [-0.4, -0.2) is 42.0 Å². The van der Waals surface area contributed by atoms with Gasteiger partial charge in [0, 0.05) is 19.1 Å². The average Bonchev–Trinajstić information content (AvgIpc) is 3.16. The predicted octanol–water partition coefficient (Wildman–Crippen LogP) is 2.21. The summed E-state index contributed by atoms with van der Waals surface area (Å²) >= 11 is 11.6. The second-order valence-electron chi connectivity index (χ2n) is 4.43. The van der Waals surface area contributed by atoms with Crippen molar-refractivity contribution in [2.45, 2.75) is 18.9 Å². The highest BCUT2D eigenvalue weighted by atomic mass is 35.5. The van der Waals surface area contributed by atoms with E-state index in [4.69, 9.17) is 23.2 Å². The maximum atomic E-state index is 11.8. The van der Waals surface area contributed by atoms with Gasteiger partial charge in [-0.3, -0.25) is 4.79 Å². The number of halogens is 2. The standard InChI is InChI=1S/C12H15Cl2N3O/c1-17(8-2-3-8)7-6-15-12(18)11-9(13)4-5-10(14)16-11/h4-5,8H,2-3,6-7H2,1H3,(H,15,18). The van der Waals surface area contributed by atoms with Gasteiger partial charge in [0.25, 0.3) is 5.91 Å². The molecule has 1 heterocycles. The van der Waals surface area contributed by atoms with Gasteiger partial charge in [-0.05, 0) is 32.0 Å². The number of rotatable bonds is 5. The molecule has 0 unspecified atom stereocenters. The van der Waals surface area contributed by atoms with Crippen LogP contribution < -0.4 is 5.32 Å². The van der Waals surface area contributed by atoms with Crippen LogP contribution in [-0.2, 0) is 0 Å². The summed E-state index contributed by atoms with van der Waals surface area (Å²) in [6.45, 7) is 1.41. The van der Waals surface area contributed by atoms with Crippen molar-refractivity contribution in [2.75, 3.05) is 20.1 Å². The molecule has 0 atom stereocenters. The predicted molar refractivity (Wildman–Crippen MR) is 72.2 cm³/mol. The second-order valence-corrected chi connectivity index (χ2v) is 5.23. The molecule has 1 aliphatic rings. The summed E-state index contributed by atoms with van der Waals surface area (Å²) in [5.74, 6) is -0.285. The van der Waals surface area contributed by atoms with Crippen LogP contribution in [0.5, 0.6) is 0 Å². The normalized spacial score (nSPS) is 14.9. The van der Waals surface area contributed by atoms with E-state index in [2.05, 4.69) is 22.2 Å². The van der Waals surface area contributed by atoms with Gasteiger partial charge < -0.3 is 10.2 Å². The first-order chi connectivity index (χ1) is 8.58. The van der Waals surface area contributed by atoms with E-state index < -0.39 is 0 Å². The van der Waals surface area contributed by atoms with E-state index in [0.29, 0.717) is 17.6 Å². The van der Waals surface area contributed by atoms with E-state index in [1.54, 1.807) is 12.1 Å². The first-order valence-corrected chi connectivity index (χ1v) is 6.64. The molecule has 0 aromatic carbocycles. The van der Waals surface area contributed by atoms with E-state index in [-0.39, 0.29) is 16.8 Å². The summed E-state index contributed by atoms with van der Waals surface area (Å²) in [4.78, 5) is 18.0.